The Morgan fingerprint density at radius 3 is 2.46 bits per heavy atom. The zero-order valence-electron chi connectivity index (χ0n) is 20.7. The van der Waals surface area contributed by atoms with Gasteiger partial charge in [0.05, 0.1) is 23.2 Å². The number of hydrogen-bond acceptors (Lipinski definition) is 6. The minimum atomic E-state index is -0.631. The molecule has 2 amide bonds. The number of amides is 2. The van der Waals surface area contributed by atoms with Crippen LogP contribution in [0.4, 0.5) is 10.5 Å². The fraction of sp³-hybridized carbons (Fsp3) is 0.423. The lowest BCUT2D eigenvalue weighted by molar-refractivity contribution is -0.141. The smallest absolute Gasteiger partial charge is 0.410 e. The molecule has 3 rings (SSSR count). The molecule has 0 bridgehead atoms. The van der Waals surface area contributed by atoms with E-state index in [2.05, 4.69) is 0 Å². The van der Waals surface area contributed by atoms with Crippen molar-refractivity contribution in [2.75, 3.05) is 24.7 Å². The van der Waals surface area contributed by atoms with Crippen LogP contribution in [0, 0.1) is 0 Å². The van der Waals surface area contributed by atoms with E-state index in [0.29, 0.717) is 23.5 Å². The fourth-order valence-corrected chi connectivity index (χ4v) is 3.97. The highest BCUT2D eigenvalue weighted by atomic mass is 35.5. The van der Waals surface area contributed by atoms with Crippen molar-refractivity contribution in [3.63, 3.8) is 0 Å². The van der Waals surface area contributed by atoms with Crippen LogP contribution in [0.1, 0.15) is 50.5 Å². The molecule has 0 radical (unpaired) electrons. The molecule has 0 spiro atoms. The second kappa shape index (κ2) is 11.0. The maximum absolute atomic E-state index is 13.6. The van der Waals surface area contributed by atoms with Crippen LogP contribution in [0.15, 0.2) is 42.5 Å². The quantitative estimate of drug-likeness (QED) is 0.419. The molecule has 0 fully saturated rings. The molecule has 1 aliphatic heterocycles. The lowest BCUT2D eigenvalue weighted by atomic mass is 10.1. The molecule has 0 unspecified atom stereocenters. The number of esters is 1. The molecular weight excluding hydrogens is 472 g/mol. The van der Waals surface area contributed by atoms with Crippen LogP contribution in [0.5, 0.6) is 5.75 Å². The number of rotatable bonds is 5. The van der Waals surface area contributed by atoms with Crippen LogP contribution < -0.4 is 9.64 Å². The Labute approximate surface area is 210 Å². The second-order valence-electron chi connectivity index (χ2n) is 9.33. The summed E-state index contributed by atoms with van der Waals surface area (Å²) in [4.78, 5) is 40.7. The van der Waals surface area contributed by atoms with Crippen LogP contribution in [-0.4, -0.2) is 54.3 Å². The van der Waals surface area contributed by atoms with E-state index in [-0.39, 0.29) is 42.7 Å². The van der Waals surface area contributed by atoms with Crippen molar-refractivity contribution in [2.45, 2.75) is 52.8 Å². The standard InChI is InChI=1S/C26H31ClN2O6/c1-17-15-29(23-9-7-6-8-19(23)16-28(17)25(32)35-26(3,4)5)24(31)21-11-10-20(14-22(21)27)34-13-12-33-18(2)30/h6-11,14,17H,12-13,15-16H2,1-5H3/t17-/m1/s1. The number of hydrogen-bond donors (Lipinski definition) is 0. The van der Waals surface area contributed by atoms with Crippen LogP contribution in [-0.2, 0) is 20.8 Å². The van der Waals surface area contributed by atoms with E-state index in [1.807, 2.05) is 52.0 Å². The molecule has 0 aromatic heterocycles. The van der Waals surface area contributed by atoms with Crippen LogP contribution >= 0.6 is 11.6 Å². The molecule has 188 valence electrons. The van der Waals surface area contributed by atoms with Gasteiger partial charge in [0.1, 0.15) is 24.6 Å². The van der Waals surface area contributed by atoms with Gasteiger partial charge in [0.2, 0.25) is 0 Å². The van der Waals surface area contributed by atoms with Crippen molar-refractivity contribution in [3.05, 3.63) is 58.6 Å². The summed E-state index contributed by atoms with van der Waals surface area (Å²) in [6.45, 7) is 9.55. The average molecular weight is 503 g/mol. The van der Waals surface area contributed by atoms with E-state index < -0.39 is 11.7 Å². The SMILES string of the molecule is CC(=O)OCCOc1ccc(C(=O)N2C[C@@H](C)N(C(=O)OC(C)(C)C)Cc3ccccc32)c(Cl)c1. The van der Waals surface area contributed by atoms with Gasteiger partial charge in [0, 0.05) is 19.2 Å². The maximum Gasteiger partial charge on any atom is 0.410 e. The highest BCUT2D eigenvalue weighted by Crippen LogP contribution is 2.31. The summed E-state index contributed by atoms with van der Waals surface area (Å²) >= 11 is 6.47. The zero-order valence-corrected chi connectivity index (χ0v) is 21.4. The molecule has 1 heterocycles. The lowest BCUT2D eigenvalue weighted by Gasteiger charge is -2.31. The number of nitrogens with zero attached hydrogens (tertiary/aromatic N) is 2. The maximum atomic E-state index is 13.6. The zero-order chi connectivity index (χ0) is 25.8. The summed E-state index contributed by atoms with van der Waals surface area (Å²) in [6.07, 6.45) is -0.428. The Bertz CT molecular complexity index is 1100. The second-order valence-corrected chi connectivity index (χ2v) is 9.74. The van der Waals surface area contributed by atoms with E-state index in [1.165, 1.54) is 6.92 Å². The van der Waals surface area contributed by atoms with Gasteiger partial charge in [-0.05, 0) is 57.5 Å². The number of fused-ring (bicyclic) bond motifs is 1. The number of anilines is 1. The monoisotopic (exact) mass is 502 g/mol. The Balaban J connectivity index is 1.83. The first-order valence-corrected chi connectivity index (χ1v) is 11.8. The number of benzene rings is 2. The third-order valence-electron chi connectivity index (χ3n) is 5.30. The number of halogens is 1. The molecule has 0 saturated carbocycles. The van der Waals surface area contributed by atoms with E-state index in [0.717, 1.165) is 5.56 Å². The van der Waals surface area contributed by atoms with Gasteiger partial charge >= 0.3 is 12.1 Å². The lowest BCUT2D eigenvalue weighted by Crippen LogP contribution is -2.46. The van der Waals surface area contributed by atoms with Gasteiger partial charge in [-0.3, -0.25) is 14.5 Å². The molecule has 9 heteroatoms. The molecule has 35 heavy (non-hydrogen) atoms. The van der Waals surface area contributed by atoms with Crippen LogP contribution in [0.25, 0.3) is 0 Å². The minimum absolute atomic E-state index is 0.115. The third kappa shape index (κ3) is 6.88. The first kappa shape index (κ1) is 26.3. The van der Waals surface area contributed by atoms with Gasteiger partial charge < -0.3 is 19.1 Å². The summed E-state index contributed by atoms with van der Waals surface area (Å²) in [5, 5.41) is 0.235. The normalized spacial score (nSPS) is 15.7. The van der Waals surface area contributed by atoms with Gasteiger partial charge in [-0.1, -0.05) is 29.8 Å². The van der Waals surface area contributed by atoms with Gasteiger partial charge in [-0.25, -0.2) is 4.79 Å². The Kier molecular flexibility index (Phi) is 8.27. The highest BCUT2D eigenvalue weighted by Gasteiger charge is 2.34. The van der Waals surface area contributed by atoms with E-state index >= 15 is 0 Å². The summed E-state index contributed by atoms with van der Waals surface area (Å²) in [7, 11) is 0. The van der Waals surface area contributed by atoms with E-state index in [4.69, 9.17) is 25.8 Å². The van der Waals surface area contributed by atoms with Crippen LogP contribution in [0.2, 0.25) is 5.02 Å². The van der Waals surface area contributed by atoms with Gasteiger partial charge in [-0.15, -0.1) is 0 Å². The highest BCUT2D eigenvalue weighted by molar-refractivity contribution is 6.34. The molecule has 2 aromatic rings. The van der Waals surface area contributed by atoms with Crippen molar-refractivity contribution in [3.8, 4) is 5.75 Å². The third-order valence-corrected chi connectivity index (χ3v) is 5.62. The summed E-state index contributed by atoms with van der Waals surface area (Å²) in [6, 6.07) is 12.0. The molecule has 0 N–H and O–H groups in total. The van der Waals surface area contributed by atoms with Crippen LogP contribution in [0.3, 0.4) is 0 Å². The summed E-state index contributed by atoms with van der Waals surface area (Å²) in [5.41, 5.74) is 1.23. The number of para-hydroxylation sites is 1. The van der Waals surface area contributed by atoms with Gasteiger partial charge in [-0.2, -0.15) is 0 Å². The summed E-state index contributed by atoms with van der Waals surface area (Å²) < 4.78 is 16.0. The molecule has 0 saturated heterocycles. The number of ether oxygens (including phenoxy) is 3. The van der Waals surface area contributed by atoms with Gasteiger partial charge in [0.15, 0.2) is 0 Å². The van der Waals surface area contributed by atoms with Crippen molar-refractivity contribution in [1.82, 2.24) is 4.90 Å². The van der Waals surface area contributed by atoms with Crippen molar-refractivity contribution in [1.29, 1.82) is 0 Å². The largest absolute Gasteiger partial charge is 0.490 e. The Morgan fingerprint density at radius 2 is 1.80 bits per heavy atom. The topological polar surface area (TPSA) is 85.4 Å². The number of carbonyl (C=O) groups excluding carboxylic acids is 3. The van der Waals surface area contributed by atoms with Crippen molar-refractivity contribution < 1.29 is 28.6 Å². The molecule has 0 aliphatic carbocycles. The molecule has 1 aliphatic rings. The van der Waals surface area contributed by atoms with E-state index in [9.17, 15) is 14.4 Å². The predicted octanol–water partition coefficient (Wildman–Crippen LogP) is 5.07. The van der Waals surface area contributed by atoms with Crippen molar-refractivity contribution >= 4 is 35.3 Å². The number of carbonyl (C=O) groups is 3. The minimum Gasteiger partial charge on any atom is -0.490 e. The Morgan fingerprint density at radius 1 is 1.09 bits per heavy atom. The first-order chi connectivity index (χ1) is 16.5. The first-order valence-electron chi connectivity index (χ1n) is 11.4. The Hall–Kier alpha value is -3.26. The average Bonchev–Trinajstić information content (AvgIpc) is 2.92. The fourth-order valence-electron chi connectivity index (χ4n) is 3.72. The predicted molar refractivity (Wildman–Crippen MR) is 133 cm³/mol. The van der Waals surface area contributed by atoms with Crippen molar-refractivity contribution in [2.24, 2.45) is 0 Å². The molecular formula is C26H31ClN2O6. The molecule has 2 aromatic carbocycles. The van der Waals surface area contributed by atoms with Gasteiger partial charge in [0.25, 0.3) is 5.91 Å². The molecule has 8 nitrogen and oxygen atoms in total. The summed E-state index contributed by atoms with van der Waals surface area (Å²) in [5.74, 6) is -0.212. The van der Waals surface area contributed by atoms with E-state index in [1.54, 1.807) is 28.0 Å². The molecule has 1 atom stereocenters.